The van der Waals surface area contributed by atoms with Crippen molar-refractivity contribution >= 4 is 5.97 Å². The van der Waals surface area contributed by atoms with Gasteiger partial charge in [-0.2, -0.15) is 0 Å². The molecule has 1 unspecified atom stereocenters. The van der Waals surface area contributed by atoms with Crippen LogP contribution in [0, 0.1) is 5.82 Å². The van der Waals surface area contributed by atoms with Crippen LogP contribution in [0.15, 0.2) is 30.5 Å². The number of hydrogen-bond donors (Lipinski definition) is 1. The molecule has 0 aliphatic carbocycles. The van der Waals surface area contributed by atoms with Crippen molar-refractivity contribution in [2.75, 3.05) is 0 Å². The molecule has 4 nitrogen and oxygen atoms in total. The van der Waals surface area contributed by atoms with E-state index < -0.39 is 11.9 Å². The van der Waals surface area contributed by atoms with Crippen molar-refractivity contribution in [1.29, 1.82) is 0 Å². The highest BCUT2D eigenvalue weighted by molar-refractivity contribution is 5.75. The van der Waals surface area contributed by atoms with Crippen molar-refractivity contribution in [3.05, 3.63) is 53.4 Å². The average molecular weight is 274 g/mol. The molecule has 2 aromatic rings. The Bertz CT molecular complexity index is 651. The lowest BCUT2D eigenvalue weighted by molar-refractivity contribution is -0.139. The molecule has 0 radical (unpaired) electrons. The minimum absolute atomic E-state index is 0.269. The summed E-state index contributed by atoms with van der Waals surface area (Å²) in [6.07, 6.45) is 3.88. The molecule has 1 aliphatic heterocycles. The van der Waals surface area contributed by atoms with E-state index in [0.717, 1.165) is 24.2 Å². The van der Waals surface area contributed by atoms with Crippen LogP contribution >= 0.6 is 0 Å². The molecule has 1 aromatic heterocycles. The highest BCUT2D eigenvalue weighted by Crippen LogP contribution is 2.27. The highest BCUT2D eigenvalue weighted by Gasteiger charge is 2.28. The third-order valence-electron chi connectivity index (χ3n) is 3.63. The number of aryl methyl sites for hydroxylation is 1. The lowest BCUT2D eigenvalue weighted by Gasteiger charge is -2.19. The lowest BCUT2D eigenvalue weighted by Crippen LogP contribution is -2.21. The van der Waals surface area contributed by atoms with Gasteiger partial charge in [0.25, 0.3) is 0 Å². The third kappa shape index (κ3) is 2.43. The van der Waals surface area contributed by atoms with E-state index in [9.17, 15) is 14.3 Å². The van der Waals surface area contributed by atoms with E-state index in [2.05, 4.69) is 4.98 Å². The van der Waals surface area contributed by atoms with E-state index in [4.69, 9.17) is 0 Å². The molecule has 1 atom stereocenters. The Morgan fingerprint density at radius 2 is 2.35 bits per heavy atom. The molecule has 1 aromatic carbocycles. The second kappa shape index (κ2) is 5.07. The predicted octanol–water partition coefficient (Wildman–Crippen LogP) is 2.58. The van der Waals surface area contributed by atoms with Gasteiger partial charge in [0.05, 0.1) is 5.69 Å². The molecule has 0 saturated carbocycles. The minimum Gasteiger partial charge on any atom is -0.481 e. The first-order chi connectivity index (χ1) is 9.63. The largest absolute Gasteiger partial charge is 0.481 e. The monoisotopic (exact) mass is 274 g/mol. The van der Waals surface area contributed by atoms with Crippen LogP contribution in [-0.4, -0.2) is 20.6 Å². The smallest absolute Gasteiger partial charge is 0.314 e. The van der Waals surface area contributed by atoms with Gasteiger partial charge in [0.2, 0.25) is 0 Å². The van der Waals surface area contributed by atoms with E-state index in [1.807, 2.05) is 16.8 Å². The summed E-state index contributed by atoms with van der Waals surface area (Å²) in [7, 11) is 0. The highest BCUT2D eigenvalue weighted by atomic mass is 19.1. The Balaban J connectivity index is 1.87. The van der Waals surface area contributed by atoms with Crippen LogP contribution in [0.5, 0.6) is 0 Å². The number of rotatable bonds is 3. The number of aromatic nitrogens is 2. The number of hydrogen-bond acceptors (Lipinski definition) is 2. The Labute approximate surface area is 115 Å². The van der Waals surface area contributed by atoms with Crippen molar-refractivity contribution in [2.24, 2.45) is 0 Å². The second-order valence-corrected chi connectivity index (χ2v) is 5.12. The zero-order chi connectivity index (χ0) is 14.1. The van der Waals surface area contributed by atoms with Crippen molar-refractivity contribution in [3.8, 4) is 0 Å². The fourth-order valence-electron chi connectivity index (χ4n) is 2.71. The maximum absolute atomic E-state index is 13.2. The van der Waals surface area contributed by atoms with E-state index in [1.165, 1.54) is 12.1 Å². The molecule has 0 amide bonds. The normalized spacial score (nSPS) is 17.8. The van der Waals surface area contributed by atoms with Crippen molar-refractivity contribution < 1.29 is 14.3 Å². The number of aliphatic carboxylic acids is 1. The van der Waals surface area contributed by atoms with Crippen LogP contribution in [0.2, 0.25) is 0 Å². The molecular formula is C15H15FN2O2. The van der Waals surface area contributed by atoms with E-state index >= 15 is 0 Å². The third-order valence-corrected chi connectivity index (χ3v) is 3.63. The quantitative estimate of drug-likeness (QED) is 0.936. The van der Waals surface area contributed by atoms with Gasteiger partial charge in [0, 0.05) is 19.2 Å². The molecule has 20 heavy (non-hydrogen) atoms. The van der Waals surface area contributed by atoms with Crippen LogP contribution in [-0.2, 0) is 17.8 Å². The van der Waals surface area contributed by atoms with Crippen LogP contribution in [0.4, 0.5) is 4.39 Å². The summed E-state index contributed by atoms with van der Waals surface area (Å²) in [6.45, 7) is 0.801. The molecule has 3 rings (SSSR count). The molecule has 0 saturated heterocycles. The van der Waals surface area contributed by atoms with Crippen LogP contribution in [0.25, 0.3) is 0 Å². The summed E-state index contributed by atoms with van der Waals surface area (Å²) < 4.78 is 15.1. The zero-order valence-electron chi connectivity index (χ0n) is 10.9. The van der Waals surface area contributed by atoms with Gasteiger partial charge in [-0.3, -0.25) is 4.79 Å². The summed E-state index contributed by atoms with van der Waals surface area (Å²) in [4.78, 5) is 15.7. The molecule has 1 N–H and O–H groups in total. The Morgan fingerprint density at radius 3 is 3.10 bits per heavy atom. The fraction of sp³-hybridized carbons (Fsp3) is 0.333. The van der Waals surface area contributed by atoms with Gasteiger partial charge in [-0.15, -0.1) is 0 Å². The number of carboxylic acids is 1. The second-order valence-electron chi connectivity index (χ2n) is 5.12. The van der Waals surface area contributed by atoms with E-state index in [-0.39, 0.29) is 5.82 Å². The number of halogens is 1. The number of fused-ring (bicyclic) bond motifs is 1. The van der Waals surface area contributed by atoms with Gasteiger partial charge < -0.3 is 9.67 Å². The number of carboxylic acid groups (broad SMARTS) is 1. The molecule has 5 heteroatoms. The summed E-state index contributed by atoms with van der Waals surface area (Å²) in [5, 5.41) is 9.22. The van der Waals surface area contributed by atoms with Crippen molar-refractivity contribution in [3.63, 3.8) is 0 Å². The van der Waals surface area contributed by atoms with Crippen molar-refractivity contribution in [2.45, 2.75) is 31.7 Å². The first-order valence-electron chi connectivity index (χ1n) is 6.66. The number of benzene rings is 1. The van der Waals surface area contributed by atoms with E-state index in [0.29, 0.717) is 18.7 Å². The summed E-state index contributed by atoms with van der Waals surface area (Å²) >= 11 is 0. The van der Waals surface area contributed by atoms with Crippen LogP contribution in [0.1, 0.15) is 35.8 Å². The average Bonchev–Trinajstić information content (AvgIpc) is 2.80. The molecule has 1 aliphatic rings. The standard InChI is InChI=1S/C15H15FN2O2/c16-11-4-1-3-10(7-11)8-12-9-18-6-2-5-13(15(19)20)14(18)17-12/h1,3-4,7,9,13H,2,5-6,8H2,(H,19,20). The maximum Gasteiger partial charge on any atom is 0.314 e. The van der Waals surface area contributed by atoms with Crippen molar-refractivity contribution in [1.82, 2.24) is 9.55 Å². The van der Waals surface area contributed by atoms with Gasteiger partial charge in [-0.05, 0) is 30.5 Å². The summed E-state index contributed by atoms with van der Waals surface area (Å²) in [5.74, 6) is -0.996. The van der Waals surface area contributed by atoms with Gasteiger partial charge in [-0.25, -0.2) is 9.37 Å². The molecule has 0 spiro atoms. The van der Waals surface area contributed by atoms with Gasteiger partial charge in [0.1, 0.15) is 17.6 Å². The van der Waals surface area contributed by atoms with Crippen LogP contribution in [0.3, 0.4) is 0 Å². The van der Waals surface area contributed by atoms with Gasteiger partial charge in [0.15, 0.2) is 0 Å². The first kappa shape index (κ1) is 12.8. The van der Waals surface area contributed by atoms with Crippen LogP contribution < -0.4 is 0 Å². The lowest BCUT2D eigenvalue weighted by atomic mass is 9.99. The number of nitrogens with zero attached hydrogens (tertiary/aromatic N) is 2. The number of imidazole rings is 1. The molecule has 104 valence electrons. The fourth-order valence-corrected chi connectivity index (χ4v) is 2.71. The first-order valence-corrected chi connectivity index (χ1v) is 6.66. The minimum atomic E-state index is -0.825. The van der Waals surface area contributed by atoms with Gasteiger partial charge >= 0.3 is 5.97 Å². The predicted molar refractivity (Wildman–Crippen MR) is 71.0 cm³/mol. The van der Waals surface area contributed by atoms with E-state index in [1.54, 1.807) is 6.07 Å². The summed E-state index contributed by atoms with van der Waals surface area (Å²) in [5.41, 5.74) is 1.63. The molecule has 0 bridgehead atoms. The SMILES string of the molecule is O=C(O)C1CCCn2cc(Cc3cccc(F)c3)nc21. The Hall–Kier alpha value is -2.17. The van der Waals surface area contributed by atoms with Gasteiger partial charge in [-0.1, -0.05) is 12.1 Å². The molecular weight excluding hydrogens is 259 g/mol. The summed E-state index contributed by atoms with van der Waals surface area (Å²) in [6, 6.07) is 6.39. The number of carbonyl (C=O) groups is 1. The Kier molecular flexibility index (Phi) is 3.26. The molecule has 2 heterocycles. The Morgan fingerprint density at radius 1 is 1.50 bits per heavy atom. The topological polar surface area (TPSA) is 55.1 Å². The zero-order valence-corrected chi connectivity index (χ0v) is 10.9. The molecule has 0 fully saturated rings. The maximum atomic E-state index is 13.2.